The molecule has 1 aliphatic carbocycles. The Bertz CT molecular complexity index is 1110. The molecule has 4 rings (SSSR count). The molecule has 7 heteroatoms. The van der Waals surface area contributed by atoms with E-state index in [1.165, 1.54) is 19.1 Å². The van der Waals surface area contributed by atoms with Gasteiger partial charge in [0, 0.05) is 42.5 Å². The van der Waals surface area contributed by atoms with Crippen LogP contribution in [0.25, 0.3) is 11.0 Å². The highest BCUT2D eigenvalue weighted by atomic mass is 19.1. The minimum absolute atomic E-state index is 0.308. The lowest BCUT2D eigenvalue weighted by atomic mass is 9.91. The number of hydrogen-bond donors (Lipinski definition) is 0. The maximum Gasteiger partial charge on any atom is 0.308 e. The van der Waals surface area contributed by atoms with E-state index < -0.39 is 0 Å². The molecule has 2 aromatic rings. The van der Waals surface area contributed by atoms with Crippen LogP contribution in [0, 0.1) is 17.7 Å². The molecule has 0 spiro atoms. The number of benzene rings is 1. The molecule has 168 valence electrons. The third-order valence-corrected chi connectivity index (χ3v) is 5.80. The quantitative estimate of drug-likeness (QED) is 0.355. The monoisotopic (exact) mass is 438 g/mol. The minimum Gasteiger partial charge on any atom is -0.497 e. The second-order valence-corrected chi connectivity index (χ2v) is 8.20. The fraction of sp³-hybridized carbons (Fsp3) is 0.440. The molecule has 6 nitrogen and oxygen atoms in total. The van der Waals surface area contributed by atoms with E-state index in [1.807, 2.05) is 6.92 Å². The Morgan fingerprint density at radius 1 is 1.34 bits per heavy atom. The molecule has 1 fully saturated rings. The predicted molar refractivity (Wildman–Crippen MR) is 118 cm³/mol. The first-order chi connectivity index (χ1) is 15.5. The van der Waals surface area contributed by atoms with Crippen LogP contribution in [0.1, 0.15) is 51.1 Å². The summed E-state index contributed by atoms with van der Waals surface area (Å²) in [5.74, 6) is 6.86. The van der Waals surface area contributed by atoms with Crippen molar-refractivity contribution in [3.8, 4) is 11.8 Å². The van der Waals surface area contributed by atoms with Crippen molar-refractivity contribution >= 4 is 16.9 Å². The SMILES string of the molecule is CC(=O)OC1=C(C)C#CCC(OCCCN2CCC(c3noc4cc(F)ccc34)CC2)=C1. The lowest BCUT2D eigenvalue weighted by molar-refractivity contribution is -0.136. The fourth-order valence-corrected chi connectivity index (χ4v) is 4.13. The number of hydrogen-bond acceptors (Lipinski definition) is 6. The summed E-state index contributed by atoms with van der Waals surface area (Å²) in [6.45, 7) is 6.69. The van der Waals surface area contributed by atoms with Crippen molar-refractivity contribution in [1.82, 2.24) is 10.1 Å². The van der Waals surface area contributed by atoms with Crippen LogP contribution in [-0.2, 0) is 14.3 Å². The van der Waals surface area contributed by atoms with Crippen LogP contribution in [0.4, 0.5) is 4.39 Å². The number of esters is 1. The van der Waals surface area contributed by atoms with Crippen molar-refractivity contribution < 1.29 is 23.2 Å². The number of likely N-dealkylation sites (tertiary alicyclic amines) is 1. The number of rotatable bonds is 7. The number of ether oxygens (including phenoxy) is 2. The molecule has 0 atom stereocenters. The zero-order valence-electron chi connectivity index (χ0n) is 18.4. The van der Waals surface area contributed by atoms with Crippen LogP contribution >= 0.6 is 0 Å². The van der Waals surface area contributed by atoms with Crippen molar-refractivity contribution in [3.63, 3.8) is 0 Å². The zero-order valence-corrected chi connectivity index (χ0v) is 18.4. The van der Waals surface area contributed by atoms with E-state index in [2.05, 4.69) is 21.9 Å². The molecule has 1 aromatic carbocycles. The Kier molecular flexibility index (Phi) is 6.91. The lowest BCUT2D eigenvalue weighted by Crippen LogP contribution is -2.34. The van der Waals surface area contributed by atoms with E-state index in [0.29, 0.717) is 30.3 Å². The average Bonchev–Trinajstić information content (AvgIpc) is 3.10. The maximum absolute atomic E-state index is 13.4. The van der Waals surface area contributed by atoms with Gasteiger partial charge in [-0.05, 0) is 51.4 Å². The van der Waals surface area contributed by atoms with Gasteiger partial charge in [0.15, 0.2) is 5.58 Å². The second-order valence-electron chi connectivity index (χ2n) is 8.20. The van der Waals surface area contributed by atoms with Crippen LogP contribution in [0.15, 0.2) is 45.9 Å². The van der Waals surface area contributed by atoms with Crippen molar-refractivity contribution in [2.45, 2.75) is 45.4 Å². The standard InChI is InChI=1S/C25H27FN2O4/c1-17-5-3-6-21(16-23(17)31-18(2)29)30-14-4-11-28-12-9-19(10-13-28)25-22-8-7-20(26)15-24(22)32-27-25/h7-8,15-16,19H,4,6,9-14H2,1-2H3. The predicted octanol–water partition coefficient (Wildman–Crippen LogP) is 4.68. The molecule has 1 saturated heterocycles. The number of piperidine rings is 1. The third kappa shape index (κ3) is 5.38. The van der Waals surface area contributed by atoms with Crippen molar-refractivity contribution in [1.29, 1.82) is 0 Å². The van der Waals surface area contributed by atoms with Gasteiger partial charge in [-0.1, -0.05) is 17.0 Å². The Hall–Kier alpha value is -3.11. The van der Waals surface area contributed by atoms with E-state index in [4.69, 9.17) is 14.0 Å². The number of aromatic nitrogens is 1. The molecule has 0 bridgehead atoms. The van der Waals surface area contributed by atoms with Gasteiger partial charge >= 0.3 is 5.97 Å². The number of carbonyl (C=O) groups excluding carboxylic acids is 1. The van der Waals surface area contributed by atoms with Gasteiger partial charge in [-0.3, -0.25) is 4.79 Å². The third-order valence-electron chi connectivity index (χ3n) is 5.80. The molecular weight excluding hydrogens is 411 g/mol. The normalized spacial score (nSPS) is 17.5. The molecule has 2 aliphatic rings. The second kappa shape index (κ2) is 10.0. The summed E-state index contributed by atoms with van der Waals surface area (Å²) < 4.78 is 29.8. The lowest BCUT2D eigenvalue weighted by Gasteiger charge is -2.31. The van der Waals surface area contributed by atoms with Crippen LogP contribution in [-0.4, -0.2) is 42.3 Å². The molecule has 2 heterocycles. The molecule has 0 saturated carbocycles. The van der Waals surface area contributed by atoms with Gasteiger partial charge in [0.05, 0.1) is 18.7 Å². The molecule has 0 amide bonds. The smallest absolute Gasteiger partial charge is 0.308 e. The Morgan fingerprint density at radius 3 is 2.94 bits per heavy atom. The summed E-state index contributed by atoms with van der Waals surface area (Å²) >= 11 is 0. The number of fused-ring (bicyclic) bond motifs is 1. The number of halogens is 1. The van der Waals surface area contributed by atoms with Crippen molar-refractivity contribution in [2.75, 3.05) is 26.2 Å². The highest BCUT2D eigenvalue weighted by Crippen LogP contribution is 2.32. The Morgan fingerprint density at radius 2 is 2.16 bits per heavy atom. The van der Waals surface area contributed by atoms with Gasteiger partial charge in [0.2, 0.25) is 0 Å². The van der Waals surface area contributed by atoms with Gasteiger partial charge < -0.3 is 18.9 Å². The van der Waals surface area contributed by atoms with Crippen LogP contribution in [0.2, 0.25) is 0 Å². The summed E-state index contributed by atoms with van der Waals surface area (Å²) in [4.78, 5) is 13.7. The number of allylic oxidation sites excluding steroid dienone is 3. The van der Waals surface area contributed by atoms with Gasteiger partial charge in [-0.15, -0.1) is 0 Å². The fourth-order valence-electron chi connectivity index (χ4n) is 4.13. The highest BCUT2D eigenvalue weighted by Gasteiger charge is 2.25. The summed E-state index contributed by atoms with van der Waals surface area (Å²) in [6, 6.07) is 4.61. The van der Waals surface area contributed by atoms with E-state index in [1.54, 1.807) is 12.1 Å². The van der Waals surface area contributed by atoms with Crippen molar-refractivity contribution in [2.24, 2.45) is 0 Å². The summed E-state index contributed by atoms with van der Waals surface area (Å²) in [7, 11) is 0. The van der Waals surface area contributed by atoms with Crippen LogP contribution in [0.5, 0.6) is 0 Å². The van der Waals surface area contributed by atoms with E-state index >= 15 is 0 Å². The first kappa shape index (κ1) is 22.1. The molecule has 0 unspecified atom stereocenters. The first-order valence-corrected chi connectivity index (χ1v) is 11.0. The largest absolute Gasteiger partial charge is 0.497 e. The summed E-state index contributed by atoms with van der Waals surface area (Å²) in [6.07, 6.45) is 5.15. The molecular formula is C25H27FN2O4. The van der Waals surface area contributed by atoms with Crippen molar-refractivity contribution in [3.05, 3.63) is 52.9 Å². The maximum atomic E-state index is 13.4. The topological polar surface area (TPSA) is 64.8 Å². The zero-order chi connectivity index (χ0) is 22.5. The molecule has 0 radical (unpaired) electrons. The summed E-state index contributed by atoms with van der Waals surface area (Å²) in [5.41, 5.74) is 2.18. The number of nitrogens with zero attached hydrogens (tertiary/aromatic N) is 2. The Balaban J connectivity index is 1.23. The average molecular weight is 438 g/mol. The van der Waals surface area contributed by atoms with Gasteiger partial charge in [-0.25, -0.2) is 4.39 Å². The Labute approximate surface area is 187 Å². The van der Waals surface area contributed by atoms with E-state index in [-0.39, 0.29) is 11.8 Å². The molecule has 1 aromatic heterocycles. The van der Waals surface area contributed by atoms with Gasteiger partial charge in [0.1, 0.15) is 17.3 Å². The van der Waals surface area contributed by atoms with Gasteiger partial charge in [0.25, 0.3) is 0 Å². The minimum atomic E-state index is -0.368. The highest BCUT2D eigenvalue weighted by molar-refractivity contribution is 5.79. The first-order valence-electron chi connectivity index (χ1n) is 11.0. The molecule has 0 N–H and O–H groups in total. The van der Waals surface area contributed by atoms with Gasteiger partial charge in [-0.2, -0.15) is 0 Å². The molecule has 1 aliphatic heterocycles. The van der Waals surface area contributed by atoms with Crippen LogP contribution < -0.4 is 0 Å². The summed E-state index contributed by atoms with van der Waals surface area (Å²) in [5, 5.41) is 5.13. The van der Waals surface area contributed by atoms with E-state index in [0.717, 1.165) is 61.3 Å². The van der Waals surface area contributed by atoms with E-state index in [9.17, 15) is 9.18 Å². The number of carbonyl (C=O) groups is 1. The molecule has 32 heavy (non-hydrogen) atoms. The van der Waals surface area contributed by atoms with Crippen LogP contribution in [0.3, 0.4) is 0 Å².